The van der Waals surface area contributed by atoms with E-state index in [1.807, 2.05) is 30.0 Å². The van der Waals surface area contributed by atoms with Crippen LogP contribution in [-0.2, 0) is 6.42 Å². The predicted molar refractivity (Wildman–Crippen MR) is 102 cm³/mol. The first-order chi connectivity index (χ1) is 11.7. The summed E-state index contributed by atoms with van der Waals surface area (Å²) in [5.41, 5.74) is 3.68. The molecular formula is C17H20Cl2N4S. The topological polar surface area (TPSA) is 52.7 Å². The molecule has 2 aliphatic rings. The summed E-state index contributed by atoms with van der Waals surface area (Å²) in [4.78, 5) is 0. The molecule has 3 heterocycles. The first kappa shape index (κ1) is 16.6. The van der Waals surface area contributed by atoms with Crippen molar-refractivity contribution in [1.82, 2.24) is 15.5 Å². The number of fused-ring (bicyclic) bond motifs is 1. The van der Waals surface area contributed by atoms with Crippen molar-refractivity contribution in [3.05, 3.63) is 45.1 Å². The van der Waals surface area contributed by atoms with Crippen molar-refractivity contribution >= 4 is 40.8 Å². The Bertz CT molecular complexity index is 727. The van der Waals surface area contributed by atoms with E-state index in [2.05, 4.69) is 20.8 Å². The Hall–Kier alpha value is -0.880. The molecule has 2 unspecified atom stereocenters. The van der Waals surface area contributed by atoms with Gasteiger partial charge in [-0.1, -0.05) is 29.3 Å². The monoisotopic (exact) mass is 382 g/mol. The molecule has 1 aromatic carbocycles. The van der Waals surface area contributed by atoms with Gasteiger partial charge in [0.05, 0.1) is 5.69 Å². The minimum Gasteiger partial charge on any atom is -0.368 e. The lowest BCUT2D eigenvalue weighted by atomic mass is 9.99. The molecule has 0 aliphatic carbocycles. The molecule has 7 heteroatoms. The maximum absolute atomic E-state index is 6.41. The molecule has 0 spiro atoms. The molecule has 0 saturated carbocycles. The van der Waals surface area contributed by atoms with Crippen molar-refractivity contribution in [2.24, 2.45) is 0 Å². The van der Waals surface area contributed by atoms with E-state index in [1.165, 1.54) is 17.7 Å². The van der Waals surface area contributed by atoms with Crippen molar-refractivity contribution < 1.29 is 0 Å². The van der Waals surface area contributed by atoms with E-state index < -0.39 is 0 Å². The number of benzene rings is 1. The van der Waals surface area contributed by atoms with Crippen LogP contribution in [0.4, 0.5) is 5.82 Å². The van der Waals surface area contributed by atoms with Crippen LogP contribution in [0.1, 0.15) is 41.0 Å². The number of rotatable bonds is 3. The third kappa shape index (κ3) is 3.27. The minimum atomic E-state index is 0.338. The average molecular weight is 383 g/mol. The Morgan fingerprint density at radius 1 is 1.25 bits per heavy atom. The van der Waals surface area contributed by atoms with Gasteiger partial charge in [0.1, 0.15) is 0 Å². The van der Waals surface area contributed by atoms with E-state index in [-0.39, 0.29) is 0 Å². The molecule has 2 atom stereocenters. The Labute approximate surface area is 156 Å². The molecule has 2 aromatic rings. The van der Waals surface area contributed by atoms with Crippen molar-refractivity contribution in [2.45, 2.75) is 30.6 Å². The Morgan fingerprint density at radius 2 is 2.17 bits per heavy atom. The van der Waals surface area contributed by atoms with Gasteiger partial charge in [0.15, 0.2) is 5.82 Å². The number of aromatic nitrogens is 2. The van der Waals surface area contributed by atoms with Crippen molar-refractivity contribution in [3.8, 4) is 0 Å². The van der Waals surface area contributed by atoms with Gasteiger partial charge in [-0.25, -0.2) is 0 Å². The van der Waals surface area contributed by atoms with E-state index in [4.69, 9.17) is 23.2 Å². The van der Waals surface area contributed by atoms with Gasteiger partial charge in [0.25, 0.3) is 0 Å². The van der Waals surface area contributed by atoms with Crippen LogP contribution in [0.15, 0.2) is 18.2 Å². The minimum absolute atomic E-state index is 0.338. The fraction of sp³-hybridized carbons (Fsp3) is 0.471. The SMILES string of the molecule is Clc1ccc(CC2SCCNc3n[nH]c(C4CCCN4)c32)c(Cl)c1. The molecular weight excluding hydrogens is 363 g/mol. The standard InChI is InChI=1S/C17H20Cl2N4S/c18-11-4-3-10(12(19)9-11)8-14-15-16(13-2-1-5-20-13)22-23-17(15)21-6-7-24-14/h3-4,9,13-14,20H,1-2,5-8H2,(H2,21,22,23). The average Bonchev–Trinajstić information content (AvgIpc) is 3.18. The first-order valence-corrected chi connectivity index (χ1v) is 10.1. The summed E-state index contributed by atoms with van der Waals surface area (Å²) in [7, 11) is 0. The van der Waals surface area contributed by atoms with Gasteiger partial charge in [-0.15, -0.1) is 0 Å². The van der Waals surface area contributed by atoms with Crippen LogP contribution in [0.2, 0.25) is 10.0 Å². The van der Waals surface area contributed by atoms with Crippen LogP contribution < -0.4 is 10.6 Å². The van der Waals surface area contributed by atoms with Crippen molar-refractivity contribution in [3.63, 3.8) is 0 Å². The number of hydrogen-bond acceptors (Lipinski definition) is 4. The fourth-order valence-corrected chi connectivity index (χ4v) is 5.22. The largest absolute Gasteiger partial charge is 0.368 e. The van der Waals surface area contributed by atoms with E-state index in [1.54, 1.807) is 0 Å². The van der Waals surface area contributed by atoms with E-state index in [9.17, 15) is 0 Å². The molecule has 128 valence electrons. The number of thioether (sulfide) groups is 1. The van der Waals surface area contributed by atoms with Crippen LogP contribution in [0.25, 0.3) is 0 Å². The molecule has 1 aromatic heterocycles. The second kappa shape index (κ2) is 7.16. The lowest BCUT2D eigenvalue weighted by molar-refractivity contribution is 0.617. The summed E-state index contributed by atoms with van der Waals surface area (Å²) in [6.45, 7) is 2.01. The van der Waals surface area contributed by atoms with E-state index in [0.717, 1.165) is 48.1 Å². The van der Waals surface area contributed by atoms with Gasteiger partial charge >= 0.3 is 0 Å². The number of nitrogens with one attached hydrogen (secondary N) is 3. The zero-order valence-corrected chi connectivity index (χ0v) is 15.6. The Kier molecular flexibility index (Phi) is 4.95. The van der Waals surface area contributed by atoms with Gasteiger partial charge in [-0.3, -0.25) is 5.10 Å². The van der Waals surface area contributed by atoms with Crippen molar-refractivity contribution in [1.29, 1.82) is 0 Å². The molecule has 1 saturated heterocycles. The fourth-order valence-electron chi connectivity index (χ4n) is 3.52. The van der Waals surface area contributed by atoms with Crippen LogP contribution in [0.3, 0.4) is 0 Å². The van der Waals surface area contributed by atoms with Crippen molar-refractivity contribution in [2.75, 3.05) is 24.2 Å². The van der Waals surface area contributed by atoms with Gasteiger partial charge in [0, 0.05) is 39.2 Å². The van der Waals surface area contributed by atoms with E-state index >= 15 is 0 Å². The van der Waals surface area contributed by atoms with Crippen LogP contribution >= 0.6 is 35.0 Å². The lowest BCUT2D eigenvalue weighted by Crippen LogP contribution is -2.16. The number of hydrogen-bond donors (Lipinski definition) is 3. The van der Waals surface area contributed by atoms with Gasteiger partial charge in [-0.05, 0) is 43.5 Å². The highest BCUT2D eigenvalue weighted by atomic mass is 35.5. The Morgan fingerprint density at radius 3 is 2.96 bits per heavy atom. The van der Waals surface area contributed by atoms with Gasteiger partial charge in [0.2, 0.25) is 0 Å². The molecule has 2 aliphatic heterocycles. The quantitative estimate of drug-likeness (QED) is 0.726. The van der Waals surface area contributed by atoms with Crippen LogP contribution in [0, 0.1) is 0 Å². The summed E-state index contributed by atoms with van der Waals surface area (Å²) >= 11 is 14.4. The molecule has 4 rings (SSSR count). The van der Waals surface area contributed by atoms with Gasteiger partial charge < -0.3 is 10.6 Å². The number of anilines is 1. The summed E-state index contributed by atoms with van der Waals surface area (Å²) in [5, 5.41) is 16.6. The second-order valence-corrected chi connectivity index (χ2v) is 8.43. The molecule has 0 radical (unpaired) electrons. The molecule has 0 amide bonds. The Balaban J connectivity index is 1.67. The highest BCUT2D eigenvalue weighted by Crippen LogP contribution is 2.43. The molecule has 4 nitrogen and oxygen atoms in total. The first-order valence-electron chi connectivity index (χ1n) is 8.33. The lowest BCUT2D eigenvalue weighted by Gasteiger charge is -2.19. The van der Waals surface area contributed by atoms with E-state index in [0.29, 0.717) is 16.3 Å². The highest BCUT2D eigenvalue weighted by molar-refractivity contribution is 7.99. The number of H-pyrrole nitrogens is 1. The third-order valence-corrected chi connectivity index (χ3v) is 6.53. The highest BCUT2D eigenvalue weighted by Gasteiger charge is 2.30. The maximum Gasteiger partial charge on any atom is 0.152 e. The zero-order valence-electron chi connectivity index (χ0n) is 13.2. The summed E-state index contributed by atoms with van der Waals surface area (Å²) in [6, 6.07) is 6.16. The number of nitrogens with zero attached hydrogens (tertiary/aromatic N) is 1. The number of halogens is 2. The summed E-state index contributed by atoms with van der Waals surface area (Å²) in [6.07, 6.45) is 3.26. The summed E-state index contributed by atoms with van der Waals surface area (Å²) in [5.74, 6) is 2.06. The normalized spacial score (nSPS) is 23.6. The second-order valence-electron chi connectivity index (χ2n) is 6.27. The smallest absolute Gasteiger partial charge is 0.152 e. The van der Waals surface area contributed by atoms with Crippen LogP contribution in [-0.4, -0.2) is 29.0 Å². The van der Waals surface area contributed by atoms with Gasteiger partial charge in [-0.2, -0.15) is 16.9 Å². The molecule has 1 fully saturated rings. The predicted octanol–water partition coefficient (Wildman–Crippen LogP) is 4.58. The number of aromatic amines is 1. The molecule has 0 bridgehead atoms. The zero-order chi connectivity index (χ0) is 16.5. The molecule has 24 heavy (non-hydrogen) atoms. The summed E-state index contributed by atoms with van der Waals surface area (Å²) < 4.78 is 0. The maximum atomic E-state index is 6.41. The molecule has 3 N–H and O–H groups in total. The van der Waals surface area contributed by atoms with Crippen LogP contribution in [0.5, 0.6) is 0 Å². The third-order valence-electron chi connectivity index (χ3n) is 4.70.